The van der Waals surface area contributed by atoms with Gasteiger partial charge in [0.15, 0.2) is 0 Å². The highest BCUT2D eigenvalue weighted by Crippen LogP contribution is 2.16. The number of benzene rings is 1. The lowest BCUT2D eigenvalue weighted by atomic mass is 10.1. The number of carbonyl (C=O) groups is 2. The van der Waals surface area contributed by atoms with Crippen molar-refractivity contribution in [3.8, 4) is 0 Å². The summed E-state index contributed by atoms with van der Waals surface area (Å²) >= 11 is 5.82. The van der Waals surface area contributed by atoms with Crippen LogP contribution in [-0.4, -0.2) is 29.8 Å². The molecular formula is C12H13ClN2O2. The average molecular weight is 253 g/mol. The molecule has 17 heavy (non-hydrogen) atoms. The number of hydrogen-bond acceptors (Lipinski definition) is 2. The molecule has 2 rings (SSSR count). The third kappa shape index (κ3) is 3.20. The summed E-state index contributed by atoms with van der Waals surface area (Å²) in [6.45, 7) is 0.983. The second-order valence-electron chi connectivity index (χ2n) is 3.97. The number of hydrogen-bond donors (Lipinski definition) is 1. The van der Waals surface area contributed by atoms with E-state index in [4.69, 9.17) is 11.6 Å². The zero-order chi connectivity index (χ0) is 12.3. The molecule has 1 aliphatic heterocycles. The van der Waals surface area contributed by atoms with Crippen molar-refractivity contribution >= 4 is 29.1 Å². The highest BCUT2D eigenvalue weighted by molar-refractivity contribution is 6.30. The van der Waals surface area contributed by atoms with Crippen LogP contribution in [0.15, 0.2) is 24.3 Å². The van der Waals surface area contributed by atoms with Crippen molar-refractivity contribution in [2.45, 2.75) is 12.8 Å². The van der Waals surface area contributed by atoms with Crippen LogP contribution < -0.4 is 5.32 Å². The van der Waals surface area contributed by atoms with Crippen molar-refractivity contribution in [2.24, 2.45) is 0 Å². The van der Waals surface area contributed by atoms with E-state index in [-0.39, 0.29) is 11.8 Å². The average Bonchev–Trinajstić information content (AvgIpc) is 2.29. The summed E-state index contributed by atoms with van der Waals surface area (Å²) in [7, 11) is 0. The molecule has 0 bridgehead atoms. The van der Waals surface area contributed by atoms with E-state index in [9.17, 15) is 9.59 Å². The van der Waals surface area contributed by atoms with Gasteiger partial charge in [-0.3, -0.25) is 4.79 Å². The number of piperidine rings is 1. The number of nitrogens with zero attached hydrogens (tertiary/aromatic N) is 1. The van der Waals surface area contributed by atoms with Crippen molar-refractivity contribution in [3.05, 3.63) is 29.3 Å². The van der Waals surface area contributed by atoms with Crippen LogP contribution in [0.5, 0.6) is 0 Å². The fourth-order valence-electron chi connectivity index (χ4n) is 1.73. The number of urea groups is 1. The molecule has 0 unspecified atom stereocenters. The molecule has 0 atom stereocenters. The van der Waals surface area contributed by atoms with Crippen LogP contribution in [0.4, 0.5) is 10.5 Å². The van der Waals surface area contributed by atoms with E-state index in [0.29, 0.717) is 36.6 Å². The van der Waals surface area contributed by atoms with E-state index in [2.05, 4.69) is 5.32 Å². The molecule has 4 nitrogen and oxygen atoms in total. The van der Waals surface area contributed by atoms with Crippen LogP contribution in [0.1, 0.15) is 12.8 Å². The van der Waals surface area contributed by atoms with Crippen LogP contribution in [0, 0.1) is 0 Å². The van der Waals surface area contributed by atoms with Gasteiger partial charge in [-0.2, -0.15) is 0 Å². The number of halogens is 1. The maximum absolute atomic E-state index is 11.8. The van der Waals surface area contributed by atoms with E-state index >= 15 is 0 Å². The van der Waals surface area contributed by atoms with Gasteiger partial charge in [-0.05, 0) is 18.2 Å². The van der Waals surface area contributed by atoms with E-state index in [1.807, 2.05) is 0 Å². The minimum atomic E-state index is -0.181. The molecule has 1 saturated heterocycles. The molecule has 0 saturated carbocycles. The Kier molecular flexibility index (Phi) is 3.64. The van der Waals surface area contributed by atoms with Crippen LogP contribution in [0.2, 0.25) is 5.02 Å². The summed E-state index contributed by atoms with van der Waals surface area (Å²) in [5, 5.41) is 3.34. The molecule has 1 aromatic rings. The van der Waals surface area contributed by atoms with Crippen molar-refractivity contribution < 1.29 is 9.59 Å². The third-order valence-corrected chi connectivity index (χ3v) is 2.92. The van der Waals surface area contributed by atoms with Gasteiger partial charge in [-0.25, -0.2) is 4.79 Å². The summed E-state index contributed by atoms with van der Waals surface area (Å²) < 4.78 is 0. The van der Waals surface area contributed by atoms with Gasteiger partial charge in [0.2, 0.25) is 0 Å². The molecule has 0 radical (unpaired) electrons. The number of nitrogens with one attached hydrogen (secondary N) is 1. The summed E-state index contributed by atoms with van der Waals surface area (Å²) in [5.74, 6) is 0.219. The number of Topliss-reactive ketones (excluding diaryl/α,β-unsaturated/α-hetero) is 1. The standard InChI is InChI=1S/C12H13ClN2O2/c13-9-2-1-3-10(8-9)14-12(17)15-6-4-11(16)5-7-15/h1-3,8H,4-7H2,(H,14,17). The molecule has 1 fully saturated rings. The summed E-state index contributed by atoms with van der Waals surface area (Å²) in [6.07, 6.45) is 0.895. The molecule has 1 aromatic carbocycles. The first-order valence-corrected chi connectivity index (χ1v) is 5.86. The predicted molar refractivity (Wildman–Crippen MR) is 66.3 cm³/mol. The molecule has 1 N–H and O–H groups in total. The Labute approximate surface area is 105 Å². The van der Waals surface area contributed by atoms with Gasteiger partial charge in [0, 0.05) is 36.6 Å². The van der Waals surface area contributed by atoms with Gasteiger partial charge in [-0.15, -0.1) is 0 Å². The van der Waals surface area contributed by atoms with Crippen molar-refractivity contribution in [2.75, 3.05) is 18.4 Å². The van der Waals surface area contributed by atoms with Gasteiger partial charge in [-0.1, -0.05) is 17.7 Å². The maximum atomic E-state index is 11.8. The minimum absolute atomic E-state index is 0.181. The molecule has 5 heteroatoms. The molecule has 0 aliphatic carbocycles. The highest BCUT2D eigenvalue weighted by Gasteiger charge is 2.20. The van der Waals surface area contributed by atoms with Crippen molar-refractivity contribution in [1.29, 1.82) is 0 Å². The lowest BCUT2D eigenvalue weighted by molar-refractivity contribution is -0.120. The fourth-order valence-corrected chi connectivity index (χ4v) is 1.92. The van der Waals surface area contributed by atoms with Crippen molar-refractivity contribution in [3.63, 3.8) is 0 Å². The second-order valence-corrected chi connectivity index (χ2v) is 4.40. The van der Waals surface area contributed by atoms with Crippen LogP contribution in [0.3, 0.4) is 0 Å². The normalized spacial score (nSPS) is 15.8. The lowest BCUT2D eigenvalue weighted by Crippen LogP contribution is -2.41. The fraction of sp³-hybridized carbons (Fsp3) is 0.333. The maximum Gasteiger partial charge on any atom is 0.321 e. The quantitative estimate of drug-likeness (QED) is 0.835. The number of anilines is 1. The molecule has 2 amide bonds. The second kappa shape index (κ2) is 5.19. The van der Waals surface area contributed by atoms with Crippen molar-refractivity contribution in [1.82, 2.24) is 4.90 Å². The largest absolute Gasteiger partial charge is 0.324 e. The Morgan fingerprint density at radius 1 is 1.29 bits per heavy atom. The van der Waals surface area contributed by atoms with Gasteiger partial charge in [0.25, 0.3) is 0 Å². The van der Waals surface area contributed by atoms with E-state index in [1.54, 1.807) is 29.2 Å². The van der Waals surface area contributed by atoms with E-state index < -0.39 is 0 Å². The zero-order valence-electron chi connectivity index (χ0n) is 9.28. The zero-order valence-corrected chi connectivity index (χ0v) is 10.0. The molecule has 0 aromatic heterocycles. The van der Waals surface area contributed by atoms with Gasteiger partial charge in [0.1, 0.15) is 5.78 Å². The van der Waals surface area contributed by atoms with Crippen LogP contribution in [-0.2, 0) is 4.79 Å². The van der Waals surface area contributed by atoms with E-state index in [0.717, 1.165) is 0 Å². The lowest BCUT2D eigenvalue weighted by Gasteiger charge is -2.26. The van der Waals surface area contributed by atoms with Crippen LogP contribution >= 0.6 is 11.6 Å². The molecular weight excluding hydrogens is 240 g/mol. The van der Waals surface area contributed by atoms with E-state index in [1.165, 1.54) is 0 Å². The number of likely N-dealkylation sites (tertiary alicyclic amines) is 1. The monoisotopic (exact) mass is 252 g/mol. The smallest absolute Gasteiger partial charge is 0.321 e. The Bertz CT molecular complexity index is 438. The third-order valence-electron chi connectivity index (χ3n) is 2.68. The van der Waals surface area contributed by atoms with Gasteiger partial charge >= 0.3 is 6.03 Å². The topological polar surface area (TPSA) is 49.4 Å². The molecule has 1 aliphatic rings. The van der Waals surface area contributed by atoms with Gasteiger partial charge in [0.05, 0.1) is 0 Å². The summed E-state index contributed by atoms with van der Waals surface area (Å²) in [6, 6.07) is 6.81. The summed E-state index contributed by atoms with van der Waals surface area (Å²) in [4.78, 5) is 24.5. The first-order valence-electron chi connectivity index (χ1n) is 5.48. The first-order chi connectivity index (χ1) is 8.15. The Hall–Kier alpha value is -1.55. The SMILES string of the molecule is O=C1CCN(C(=O)Nc2cccc(Cl)c2)CC1. The number of ketones is 1. The number of carbonyl (C=O) groups excluding carboxylic acids is 2. The highest BCUT2D eigenvalue weighted by atomic mass is 35.5. The minimum Gasteiger partial charge on any atom is -0.324 e. The van der Waals surface area contributed by atoms with Crippen LogP contribution in [0.25, 0.3) is 0 Å². The predicted octanol–water partition coefficient (Wildman–Crippen LogP) is 2.54. The molecule has 0 spiro atoms. The Balaban J connectivity index is 1.95. The molecule has 1 heterocycles. The Morgan fingerprint density at radius 3 is 2.65 bits per heavy atom. The number of rotatable bonds is 1. The Morgan fingerprint density at radius 2 is 2.00 bits per heavy atom. The molecule has 90 valence electrons. The number of amides is 2. The first kappa shape index (κ1) is 11.9. The summed E-state index contributed by atoms with van der Waals surface area (Å²) in [5.41, 5.74) is 0.666. The van der Waals surface area contributed by atoms with Gasteiger partial charge < -0.3 is 10.2 Å².